The summed E-state index contributed by atoms with van der Waals surface area (Å²) in [7, 11) is 0. The average Bonchev–Trinajstić information content (AvgIpc) is 3.38. The summed E-state index contributed by atoms with van der Waals surface area (Å²) < 4.78 is 1.31. The SMILES string of the molecule is O=C(O)CC(NC(c1ccccc1)(c1ccccc1)c1ccccc1)C(=O)n1ccnc1. The van der Waals surface area contributed by atoms with Crippen molar-refractivity contribution in [3.05, 3.63) is 126 Å². The molecule has 0 aliphatic rings. The van der Waals surface area contributed by atoms with Gasteiger partial charge in [0.1, 0.15) is 6.33 Å². The van der Waals surface area contributed by atoms with E-state index >= 15 is 0 Å². The highest BCUT2D eigenvalue weighted by Gasteiger charge is 2.40. The molecule has 3 aromatic carbocycles. The van der Waals surface area contributed by atoms with Crippen LogP contribution in [0.5, 0.6) is 0 Å². The predicted octanol–water partition coefficient (Wildman–Crippen LogP) is 3.95. The van der Waals surface area contributed by atoms with Crippen LogP contribution >= 0.6 is 0 Å². The fraction of sp³-hybridized carbons (Fsp3) is 0.115. The van der Waals surface area contributed by atoms with E-state index < -0.39 is 23.5 Å². The molecule has 0 bridgehead atoms. The third-order valence-corrected chi connectivity index (χ3v) is 5.45. The molecule has 0 spiro atoms. The number of nitrogens with zero attached hydrogens (tertiary/aromatic N) is 2. The highest BCUT2D eigenvalue weighted by atomic mass is 16.4. The van der Waals surface area contributed by atoms with Gasteiger partial charge >= 0.3 is 5.97 Å². The molecule has 6 nitrogen and oxygen atoms in total. The second-order valence-corrected chi connectivity index (χ2v) is 7.45. The monoisotopic (exact) mass is 425 g/mol. The van der Waals surface area contributed by atoms with Crippen LogP contribution in [0.1, 0.15) is 27.9 Å². The molecule has 4 rings (SSSR count). The molecule has 1 unspecified atom stereocenters. The maximum atomic E-state index is 13.3. The van der Waals surface area contributed by atoms with Gasteiger partial charge in [0.05, 0.1) is 18.0 Å². The third-order valence-electron chi connectivity index (χ3n) is 5.45. The first-order chi connectivity index (χ1) is 15.6. The molecule has 0 amide bonds. The first kappa shape index (κ1) is 21.2. The van der Waals surface area contributed by atoms with Gasteiger partial charge in [-0.15, -0.1) is 0 Å². The summed E-state index contributed by atoms with van der Waals surface area (Å²) in [5, 5.41) is 13.1. The topological polar surface area (TPSA) is 84.2 Å². The van der Waals surface area contributed by atoms with E-state index in [9.17, 15) is 14.7 Å². The Labute approximate surface area is 186 Å². The van der Waals surface area contributed by atoms with E-state index in [4.69, 9.17) is 0 Å². The van der Waals surface area contributed by atoms with Crippen LogP contribution in [0.3, 0.4) is 0 Å². The highest BCUT2D eigenvalue weighted by molar-refractivity contribution is 5.88. The number of hydrogen-bond donors (Lipinski definition) is 2. The van der Waals surface area contributed by atoms with Gasteiger partial charge in [-0.3, -0.25) is 19.5 Å². The lowest BCUT2D eigenvalue weighted by atomic mass is 9.76. The van der Waals surface area contributed by atoms with Crippen LogP contribution in [0, 0.1) is 0 Å². The predicted molar refractivity (Wildman–Crippen MR) is 121 cm³/mol. The van der Waals surface area contributed by atoms with Gasteiger partial charge < -0.3 is 5.11 Å². The average molecular weight is 425 g/mol. The van der Waals surface area contributed by atoms with Crippen LogP contribution < -0.4 is 5.32 Å². The summed E-state index contributed by atoms with van der Waals surface area (Å²) in [5.74, 6) is -1.46. The molecule has 2 N–H and O–H groups in total. The van der Waals surface area contributed by atoms with Crippen molar-refractivity contribution in [3.63, 3.8) is 0 Å². The summed E-state index contributed by atoms with van der Waals surface area (Å²) in [4.78, 5) is 29.0. The lowest BCUT2D eigenvalue weighted by Gasteiger charge is -2.39. The van der Waals surface area contributed by atoms with Gasteiger partial charge in [0.25, 0.3) is 0 Å². The minimum absolute atomic E-state index is 0.384. The second-order valence-electron chi connectivity index (χ2n) is 7.45. The Hall–Kier alpha value is -4.03. The summed E-state index contributed by atoms with van der Waals surface area (Å²) in [6, 6.07) is 28.2. The number of benzene rings is 3. The van der Waals surface area contributed by atoms with E-state index in [0.717, 1.165) is 16.7 Å². The number of carbonyl (C=O) groups excluding carboxylic acids is 1. The molecule has 1 atom stereocenters. The van der Waals surface area contributed by atoms with Gasteiger partial charge in [-0.25, -0.2) is 4.98 Å². The van der Waals surface area contributed by atoms with Gasteiger partial charge in [0.15, 0.2) is 0 Å². The van der Waals surface area contributed by atoms with Gasteiger partial charge in [0, 0.05) is 12.4 Å². The zero-order valence-corrected chi connectivity index (χ0v) is 17.3. The van der Waals surface area contributed by atoms with Crippen LogP contribution in [0.15, 0.2) is 110 Å². The number of carbonyl (C=O) groups is 2. The largest absolute Gasteiger partial charge is 0.481 e. The first-order valence-electron chi connectivity index (χ1n) is 10.3. The third kappa shape index (κ3) is 4.22. The van der Waals surface area contributed by atoms with Crippen LogP contribution in [0.2, 0.25) is 0 Å². The number of hydrogen-bond acceptors (Lipinski definition) is 4. The summed E-state index contributed by atoms with van der Waals surface area (Å²) >= 11 is 0. The molecule has 6 heteroatoms. The minimum atomic E-state index is -1.07. The number of aliphatic carboxylic acids is 1. The van der Waals surface area contributed by atoms with Crippen LogP contribution in [-0.2, 0) is 10.3 Å². The Kier molecular flexibility index (Phi) is 6.24. The van der Waals surface area contributed by atoms with E-state index in [0.29, 0.717) is 0 Å². The second kappa shape index (κ2) is 9.41. The van der Waals surface area contributed by atoms with Crippen LogP contribution in [0.4, 0.5) is 0 Å². The molecule has 0 fully saturated rings. The Morgan fingerprint density at radius 3 is 1.69 bits per heavy atom. The maximum Gasteiger partial charge on any atom is 0.305 e. The lowest BCUT2D eigenvalue weighted by Crippen LogP contribution is -2.54. The van der Waals surface area contributed by atoms with E-state index in [1.807, 2.05) is 91.0 Å². The van der Waals surface area contributed by atoms with Crippen LogP contribution in [0.25, 0.3) is 0 Å². The standard InChI is InChI=1S/C26H23N3O3/c30-24(31)18-23(25(32)29-17-16-27-19-29)28-26(20-10-4-1-5-11-20,21-12-6-2-7-13-21)22-14-8-3-9-15-22/h1-17,19,23,28H,18H2,(H,30,31). The molecule has 4 aromatic rings. The molecule has 1 aromatic heterocycles. The number of imidazole rings is 1. The Bertz CT molecular complexity index is 1060. The Morgan fingerprint density at radius 2 is 1.31 bits per heavy atom. The van der Waals surface area contributed by atoms with Gasteiger partial charge in [0.2, 0.25) is 5.91 Å². The Morgan fingerprint density at radius 1 is 0.844 bits per heavy atom. The number of nitrogens with one attached hydrogen (secondary N) is 1. The van der Waals surface area contributed by atoms with Crippen molar-refractivity contribution in [1.82, 2.24) is 14.9 Å². The van der Waals surface area contributed by atoms with E-state index in [2.05, 4.69) is 10.3 Å². The summed E-state index contributed by atoms with van der Waals surface area (Å²) in [5.41, 5.74) is 1.73. The van der Waals surface area contributed by atoms with Crippen molar-refractivity contribution in [1.29, 1.82) is 0 Å². The van der Waals surface area contributed by atoms with Crippen LogP contribution in [-0.4, -0.2) is 32.6 Å². The molecule has 32 heavy (non-hydrogen) atoms. The van der Waals surface area contributed by atoms with Gasteiger partial charge in [-0.1, -0.05) is 91.0 Å². The molecule has 0 aliphatic carbocycles. The maximum absolute atomic E-state index is 13.3. The molecule has 160 valence electrons. The highest BCUT2D eigenvalue weighted by Crippen LogP contribution is 2.37. The fourth-order valence-corrected chi connectivity index (χ4v) is 4.02. The Balaban J connectivity index is 1.93. The van der Waals surface area contributed by atoms with E-state index in [1.54, 1.807) is 0 Å². The first-order valence-corrected chi connectivity index (χ1v) is 10.3. The minimum Gasteiger partial charge on any atom is -0.481 e. The van der Waals surface area contributed by atoms with Crippen molar-refractivity contribution in [2.45, 2.75) is 18.0 Å². The summed E-state index contributed by atoms with van der Waals surface area (Å²) in [6.07, 6.45) is 4.02. The molecule has 0 aliphatic heterocycles. The van der Waals surface area contributed by atoms with E-state index in [-0.39, 0.29) is 6.42 Å². The number of rotatable bonds is 8. The molecule has 0 saturated heterocycles. The number of carboxylic acids is 1. The fourth-order valence-electron chi connectivity index (χ4n) is 4.02. The summed E-state index contributed by atoms with van der Waals surface area (Å²) in [6.45, 7) is 0. The van der Waals surface area contributed by atoms with Crippen molar-refractivity contribution in [2.24, 2.45) is 0 Å². The van der Waals surface area contributed by atoms with Crippen molar-refractivity contribution in [2.75, 3.05) is 0 Å². The number of carboxylic acid groups (broad SMARTS) is 1. The lowest BCUT2D eigenvalue weighted by molar-refractivity contribution is -0.137. The molecule has 0 radical (unpaired) electrons. The zero-order valence-electron chi connectivity index (χ0n) is 17.3. The van der Waals surface area contributed by atoms with Gasteiger partial charge in [-0.2, -0.15) is 0 Å². The molecule has 1 heterocycles. The zero-order chi connectivity index (χ0) is 22.4. The molecular weight excluding hydrogens is 402 g/mol. The normalized spacial score (nSPS) is 12.2. The van der Waals surface area contributed by atoms with Gasteiger partial charge in [-0.05, 0) is 16.7 Å². The molecule has 0 saturated carbocycles. The number of aromatic nitrogens is 2. The van der Waals surface area contributed by atoms with Crippen molar-refractivity contribution < 1.29 is 14.7 Å². The van der Waals surface area contributed by atoms with Crippen molar-refractivity contribution in [3.8, 4) is 0 Å². The smallest absolute Gasteiger partial charge is 0.305 e. The van der Waals surface area contributed by atoms with E-state index in [1.165, 1.54) is 23.3 Å². The molecular formula is C26H23N3O3. The van der Waals surface area contributed by atoms with Crippen molar-refractivity contribution >= 4 is 11.9 Å². The quantitative estimate of drug-likeness (QED) is 0.418.